The first-order valence-electron chi connectivity index (χ1n) is 5.62. The van der Waals surface area contributed by atoms with Crippen LogP contribution in [0.4, 0.5) is 0 Å². The van der Waals surface area contributed by atoms with Crippen LogP contribution in [0, 0.1) is 0 Å². The van der Waals surface area contributed by atoms with Gasteiger partial charge in [-0.15, -0.1) is 0 Å². The number of ketones is 1. The molecule has 0 aliphatic heterocycles. The highest BCUT2D eigenvalue weighted by Crippen LogP contribution is 2.20. The Hall–Kier alpha value is -0.680. The van der Waals surface area contributed by atoms with Crippen molar-refractivity contribution in [2.45, 2.75) is 46.3 Å². The number of halogens is 1. The fourth-order valence-electron chi connectivity index (χ4n) is 1.34. The van der Waals surface area contributed by atoms with E-state index in [1.165, 1.54) is 0 Å². The lowest BCUT2D eigenvalue weighted by Crippen LogP contribution is -2.25. The Morgan fingerprint density at radius 1 is 1.53 bits per heavy atom. The third-order valence-corrected chi connectivity index (χ3v) is 2.72. The van der Waals surface area contributed by atoms with Crippen molar-refractivity contribution < 1.29 is 9.53 Å². The average Bonchev–Trinajstić information content (AvgIpc) is 2.55. The molecular weight excluding hydrogens is 284 g/mol. The highest BCUT2D eigenvalue weighted by molar-refractivity contribution is 9.10. The van der Waals surface area contributed by atoms with Crippen molar-refractivity contribution in [3.8, 4) is 0 Å². The molecule has 0 spiro atoms. The smallest absolute Gasteiger partial charge is 0.207 e. The predicted octanol–water partition coefficient (Wildman–Crippen LogP) is 3.22. The molecule has 0 atom stereocenters. The first kappa shape index (κ1) is 14.4. The largest absolute Gasteiger partial charge is 0.368 e. The number of rotatable bonds is 4. The molecule has 0 bridgehead atoms. The molecule has 1 rings (SSSR count). The minimum absolute atomic E-state index is 0.0574. The second kappa shape index (κ2) is 5.31. The van der Waals surface area contributed by atoms with Gasteiger partial charge in [-0.05, 0) is 50.5 Å². The second-order valence-corrected chi connectivity index (χ2v) is 6.06. The van der Waals surface area contributed by atoms with Crippen LogP contribution in [-0.2, 0) is 4.74 Å². The van der Waals surface area contributed by atoms with Crippen LogP contribution in [0.15, 0.2) is 10.7 Å². The number of Topliss-reactive ketones (excluding diaryl/α,β-unsaturated/α-hetero) is 1. The van der Waals surface area contributed by atoms with Gasteiger partial charge < -0.3 is 4.74 Å². The van der Waals surface area contributed by atoms with Crippen LogP contribution in [0.2, 0.25) is 0 Å². The predicted molar refractivity (Wildman–Crippen MR) is 70.3 cm³/mol. The van der Waals surface area contributed by atoms with E-state index in [0.717, 1.165) is 0 Å². The molecule has 1 aromatic rings. The van der Waals surface area contributed by atoms with Crippen LogP contribution >= 0.6 is 15.9 Å². The zero-order chi connectivity index (χ0) is 13.2. The summed E-state index contributed by atoms with van der Waals surface area (Å²) in [7, 11) is 0. The minimum atomic E-state index is -0.315. The normalized spacial score (nSPS) is 12.2. The zero-order valence-electron chi connectivity index (χ0n) is 11.0. The Morgan fingerprint density at radius 3 is 2.59 bits per heavy atom. The third kappa shape index (κ3) is 3.92. The van der Waals surface area contributed by atoms with E-state index >= 15 is 0 Å². The minimum Gasteiger partial charge on any atom is -0.368 e. The van der Waals surface area contributed by atoms with Gasteiger partial charge in [-0.1, -0.05) is 0 Å². The maximum absolute atomic E-state index is 12.1. The van der Waals surface area contributed by atoms with Gasteiger partial charge in [0.25, 0.3) is 0 Å². The summed E-state index contributed by atoms with van der Waals surface area (Å²) in [5.74, 6) is -0.0574. The van der Waals surface area contributed by atoms with E-state index in [1.807, 2.05) is 34.6 Å². The van der Waals surface area contributed by atoms with Crippen LogP contribution in [-0.4, -0.2) is 27.8 Å². The van der Waals surface area contributed by atoms with Gasteiger partial charge in [-0.2, -0.15) is 5.10 Å². The monoisotopic (exact) mass is 302 g/mol. The highest BCUT2D eigenvalue weighted by atomic mass is 79.9. The molecule has 5 heteroatoms. The van der Waals surface area contributed by atoms with Gasteiger partial charge in [0.15, 0.2) is 0 Å². The number of carbonyl (C=O) groups is 1. The number of ether oxygens (including phenoxy) is 1. The molecule has 1 heterocycles. The van der Waals surface area contributed by atoms with Crippen molar-refractivity contribution in [1.82, 2.24) is 9.78 Å². The SMILES string of the molecule is CC(C)n1ncc(Br)c1C(=O)COC(C)(C)C. The summed E-state index contributed by atoms with van der Waals surface area (Å²) in [6, 6.07) is 0.148. The van der Waals surface area contributed by atoms with Crippen molar-refractivity contribution in [1.29, 1.82) is 0 Å². The molecule has 0 saturated heterocycles. The molecule has 96 valence electrons. The molecule has 0 saturated carbocycles. The number of aromatic nitrogens is 2. The van der Waals surface area contributed by atoms with Gasteiger partial charge in [0.1, 0.15) is 12.3 Å². The van der Waals surface area contributed by atoms with E-state index in [0.29, 0.717) is 10.2 Å². The summed E-state index contributed by atoms with van der Waals surface area (Å²) in [6.45, 7) is 9.82. The number of hydrogen-bond acceptors (Lipinski definition) is 3. The Kier molecular flexibility index (Phi) is 4.49. The number of hydrogen-bond donors (Lipinski definition) is 0. The van der Waals surface area contributed by atoms with E-state index in [4.69, 9.17) is 4.74 Å². The molecule has 0 unspecified atom stereocenters. The Bertz CT molecular complexity index is 405. The maximum atomic E-state index is 12.1. The molecule has 0 aromatic carbocycles. The summed E-state index contributed by atoms with van der Waals surface area (Å²) in [6.07, 6.45) is 1.64. The molecule has 1 aromatic heterocycles. The second-order valence-electron chi connectivity index (χ2n) is 5.20. The molecule has 0 radical (unpaired) electrons. The van der Waals surface area contributed by atoms with Crippen LogP contribution in [0.25, 0.3) is 0 Å². The van der Waals surface area contributed by atoms with Gasteiger partial charge in [-0.25, -0.2) is 0 Å². The standard InChI is InChI=1S/C12H19BrN2O2/c1-8(2)15-11(9(13)6-14-15)10(16)7-17-12(3,4)5/h6,8H,7H2,1-5H3. The van der Waals surface area contributed by atoms with Gasteiger partial charge >= 0.3 is 0 Å². The quantitative estimate of drug-likeness (QED) is 0.802. The van der Waals surface area contributed by atoms with Crippen molar-refractivity contribution in [2.75, 3.05) is 6.61 Å². The molecular formula is C12H19BrN2O2. The summed E-state index contributed by atoms with van der Waals surface area (Å²) >= 11 is 3.35. The summed E-state index contributed by atoms with van der Waals surface area (Å²) in [5.41, 5.74) is 0.259. The molecule has 17 heavy (non-hydrogen) atoms. The first-order valence-corrected chi connectivity index (χ1v) is 6.42. The third-order valence-electron chi connectivity index (χ3n) is 2.14. The van der Waals surface area contributed by atoms with Crippen LogP contribution in [0.3, 0.4) is 0 Å². The molecule has 0 aliphatic carbocycles. The summed E-state index contributed by atoms with van der Waals surface area (Å²) in [5, 5.41) is 4.17. The van der Waals surface area contributed by atoms with E-state index in [9.17, 15) is 4.79 Å². The molecule has 0 N–H and O–H groups in total. The van der Waals surface area contributed by atoms with Gasteiger partial charge in [-0.3, -0.25) is 9.48 Å². The fraction of sp³-hybridized carbons (Fsp3) is 0.667. The van der Waals surface area contributed by atoms with Crippen molar-refractivity contribution in [3.63, 3.8) is 0 Å². The molecule has 0 fully saturated rings. The van der Waals surface area contributed by atoms with Crippen molar-refractivity contribution in [3.05, 3.63) is 16.4 Å². The number of carbonyl (C=O) groups excluding carboxylic acids is 1. The average molecular weight is 303 g/mol. The van der Waals surface area contributed by atoms with Gasteiger partial charge in [0, 0.05) is 6.04 Å². The fourth-order valence-corrected chi connectivity index (χ4v) is 1.84. The molecule has 0 aliphatic rings. The lowest BCUT2D eigenvalue weighted by atomic mass is 10.2. The first-order chi connectivity index (χ1) is 7.72. The van der Waals surface area contributed by atoms with E-state index in [-0.39, 0.29) is 24.0 Å². The van der Waals surface area contributed by atoms with E-state index in [2.05, 4.69) is 21.0 Å². The van der Waals surface area contributed by atoms with E-state index in [1.54, 1.807) is 10.9 Å². The maximum Gasteiger partial charge on any atom is 0.207 e. The van der Waals surface area contributed by atoms with Crippen LogP contribution < -0.4 is 0 Å². The highest BCUT2D eigenvalue weighted by Gasteiger charge is 2.21. The summed E-state index contributed by atoms with van der Waals surface area (Å²) in [4.78, 5) is 12.1. The lowest BCUT2D eigenvalue weighted by Gasteiger charge is -2.19. The summed E-state index contributed by atoms with van der Waals surface area (Å²) < 4.78 is 7.92. The Labute approximate surface area is 110 Å². The lowest BCUT2D eigenvalue weighted by molar-refractivity contribution is 0.00256. The topological polar surface area (TPSA) is 44.1 Å². The van der Waals surface area contributed by atoms with Gasteiger partial charge in [0.2, 0.25) is 5.78 Å². The van der Waals surface area contributed by atoms with E-state index < -0.39 is 0 Å². The van der Waals surface area contributed by atoms with Crippen LogP contribution in [0.1, 0.15) is 51.1 Å². The van der Waals surface area contributed by atoms with Crippen LogP contribution in [0.5, 0.6) is 0 Å². The Balaban J connectivity index is 2.85. The Morgan fingerprint density at radius 2 is 2.12 bits per heavy atom. The molecule has 0 amide bonds. The number of nitrogens with zero attached hydrogens (tertiary/aromatic N) is 2. The van der Waals surface area contributed by atoms with Crippen molar-refractivity contribution >= 4 is 21.7 Å². The van der Waals surface area contributed by atoms with Crippen molar-refractivity contribution in [2.24, 2.45) is 0 Å². The molecule has 4 nitrogen and oxygen atoms in total. The zero-order valence-corrected chi connectivity index (χ0v) is 12.5. The van der Waals surface area contributed by atoms with Gasteiger partial charge in [0.05, 0.1) is 16.3 Å².